The summed E-state index contributed by atoms with van der Waals surface area (Å²) in [5.74, 6) is 0.101. The number of carbonyl (C=O) groups excluding carboxylic acids is 2. The Morgan fingerprint density at radius 3 is 2.27 bits per heavy atom. The number of hydrogen-bond donors (Lipinski definition) is 1. The lowest BCUT2D eigenvalue weighted by Crippen LogP contribution is -2.21. The Bertz CT molecular complexity index is 1390. The molecule has 1 amide bonds. The zero-order chi connectivity index (χ0) is 26.2. The van der Waals surface area contributed by atoms with Crippen molar-refractivity contribution in [2.45, 2.75) is 24.2 Å². The normalized spacial score (nSPS) is 11.5. The van der Waals surface area contributed by atoms with Gasteiger partial charge in [-0.25, -0.2) is 4.21 Å². The number of amides is 1. The second kappa shape index (κ2) is 12.2. The maximum Gasteiger partial charge on any atom is 0.253 e. The Kier molecular flexibility index (Phi) is 8.59. The van der Waals surface area contributed by atoms with Gasteiger partial charge >= 0.3 is 0 Å². The predicted molar refractivity (Wildman–Crippen MR) is 148 cm³/mol. The summed E-state index contributed by atoms with van der Waals surface area (Å²) in [5.41, 5.74) is 4.97. The molecule has 7 heteroatoms. The summed E-state index contributed by atoms with van der Waals surface area (Å²) < 4.78 is 16.3. The lowest BCUT2D eigenvalue weighted by atomic mass is 10.0. The minimum atomic E-state index is -1.51. The monoisotopic (exact) mass is 511 g/mol. The van der Waals surface area contributed by atoms with Gasteiger partial charge in [0, 0.05) is 50.6 Å². The largest absolute Gasteiger partial charge is 0.345 e. The van der Waals surface area contributed by atoms with E-state index in [4.69, 9.17) is 0 Å². The molecule has 3 aromatic carbocycles. The lowest BCUT2D eigenvalue weighted by molar-refractivity contribution is -0.118. The maximum atomic E-state index is 13.2. The van der Waals surface area contributed by atoms with Gasteiger partial charge in [0.2, 0.25) is 0 Å². The van der Waals surface area contributed by atoms with Crippen molar-refractivity contribution in [3.05, 3.63) is 114 Å². The number of aromatic nitrogens is 1. The summed E-state index contributed by atoms with van der Waals surface area (Å²) in [6.07, 6.45) is 5.02. The molecule has 1 N–H and O–H groups in total. The number of benzene rings is 3. The smallest absolute Gasteiger partial charge is 0.253 e. The van der Waals surface area contributed by atoms with Gasteiger partial charge in [-0.2, -0.15) is 0 Å². The highest BCUT2D eigenvalue weighted by Gasteiger charge is 2.14. The topological polar surface area (TPSA) is 79.4 Å². The number of carbonyl (C=O) groups is 2. The number of rotatable bonds is 10. The van der Waals surface area contributed by atoms with E-state index >= 15 is 0 Å². The Morgan fingerprint density at radius 1 is 0.865 bits per heavy atom. The van der Waals surface area contributed by atoms with E-state index in [9.17, 15) is 13.8 Å². The highest BCUT2D eigenvalue weighted by molar-refractivity contribution is 7.86. The van der Waals surface area contributed by atoms with Crippen molar-refractivity contribution in [2.24, 2.45) is 0 Å². The molecule has 4 rings (SSSR count). The summed E-state index contributed by atoms with van der Waals surface area (Å²) >= 11 is 0. The van der Waals surface area contributed by atoms with Crippen LogP contribution < -0.4 is 4.72 Å². The van der Waals surface area contributed by atoms with Gasteiger partial charge in [0.15, 0.2) is 11.0 Å². The van der Waals surface area contributed by atoms with Crippen LogP contribution in [0.5, 0.6) is 0 Å². The number of anilines is 1. The van der Waals surface area contributed by atoms with Crippen molar-refractivity contribution in [1.29, 1.82) is 0 Å². The first-order valence-corrected chi connectivity index (χ1v) is 13.1. The molecule has 6 nitrogen and oxygen atoms in total. The quantitative estimate of drug-likeness (QED) is 0.312. The second-order valence-corrected chi connectivity index (χ2v) is 10.1. The first-order valence-electron chi connectivity index (χ1n) is 12.0. The predicted octanol–water partition coefficient (Wildman–Crippen LogP) is 5.33. The molecule has 0 radical (unpaired) electrons. The number of Topliss-reactive ketones (excluding diaryl/α,β-unsaturated/α-hetero) is 1. The molecule has 188 valence electrons. The SMILES string of the molecule is CN(C)C(=O)c1ccc(-c2ccccc2S(=O)Nc2ccc(CC(=O)CCc3cccnc3)cc2)cc1. The fourth-order valence-electron chi connectivity index (χ4n) is 3.92. The zero-order valence-electron chi connectivity index (χ0n) is 20.9. The van der Waals surface area contributed by atoms with Gasteiger partial charge in [-0.1, -0.05) is 48.5 Å². The minimum Gasteiger partial charge on any atom is -0.345 e. The first-order chi connectivity index (χ1) is 17.9. The van der Waals surface area contributed by atoms with Crippen LogP contribution in [-0.2, 0) is 28.6 Å². The van der Waals surface area contributed by atoms with Gasteiger partial charge in [-0.05, 0) is 65.1 Å². The number of aryl methyl sites for hydroxylation is 1. The molecule has 1 atom stereocenters. The van der Waals surface area contributed by atoms with Gasteiger partial charge in [0.1, 0.15) is 5.78 Å². The van der Waals surface area contributed by atoms with Crippen LogP contribution in [0.25, 0.3) is 11.1 Å². The highest BCUT2D eigenvalue weighted by atomic mass is 32.2. The summed E-state index contributed by atoms with van der Waals surface area (Å²) in [6.45, 7) is 0. The molecule has 0 aliphatic rings. The number of hydrogen-bond acceptors (Lipinski definition) is 4. The van der Waals surface area contributed by atoms with Crippen LogP contribution in [-0.4, -0.2) is 39.9 Å². The third kappa shape index (κ3) is 6.98. The van der Waals surface area contributed by atoms with E-state index in [1.165, 1.54) is 4.90 Å². The molecule has 0 saturated carbocycles. The summed E-state index contributed by atoms with van der Waals surface area (Å²) in [7, 11) is 1.93. The average molecular weight is 512 g/mol. The molecular weight excluding hydrogens is 482 g/mol. The maximum absolute atomic E-state index is 13.2. The molecule has 0 saturated heterocycles. The van der Waals surface area contributed by atoms with Crippen LogP contribution in [0.1, 0.15) is 27.9 Å². The van der Waals surface area contributed by atoms with E-state index in [0.29, 0.717) is 35.4 Å². The number of nitrogens with one attached hydrogen (secondary N) is 1. The molecule has 0 aliphatic heterocycles. The Labute approximate surface area is 220 Å². The Morgan fingerprint density at radius 2 is 1.59 bits per heavy atom. The molecule has 0 fully saturated rings. The van der Waals surface area contributed by atoms with Crippen LogP contribution in [0.15, 0.2) is 102 Å². The second-order valence-electron chi connectivity index (χ2n) is 8.92. The first kappa shape index (κ1) is 26.0. The molecule has 0 spiro atoms. The van der Waals surface area contributed by atoms with Crippen molar-refractivity contribution < 1.29 is 13.8 Å². The van der Waals surface area contributed by atoms with Crippen LogP contribution in [0.4, 0.5) is 5.69 Å². The highest BCUT2D eigenvalue weighted by Crippen LogP contribution is 2.27. The molecule has 1 aromatic heterocycles. The lowest BCUT2D eigenvalue weighted by Gasteiger charge is -2.13. The molecular formula is C30H29N3O3S. The Balaban J connectivity index is 1.39. The molecule has 0 bridgehead atoms. The summed E-state index contributed by atoms with van der Waals surface area (Å²) in [6, 6.07) is 26.1. The summed E-state index contributed by atoms with van der Waals surface area (Å²) in [4.78, 5) is 30.8. The van der Waals surface area contributed by atoms with E-state index < -0.39 is 11.0 Å². The summed E-state index contributed by atoms with van der Waals surface area (Å²) in [5, 5.41) is 0. The van der Waals surface area contributed by atoms with Gasteiger partial charge < -0.3 is 9.62 Å². The van der Waals surface area contributed by atoms with E-state index in [2.05, 4.69) is 9.71 Å². The number of nitrogens with zero attached hydrogens (tertiary/aromatic N) is 2. The van der Waals surface area contributed by atoms with E-state index in [0.717, 1.165) is 22.3 Å². The third-order valence-electron chi connectivity index (χ3n) is 5.92. The molecule has 0 aliphatic carbocycles. The van der Waals surface area contributed by atoms with Crippen molar-refractivity contribution in [3.63, 3.8) is 0 Å². The van der Waals surface area contributed by atoms with Crippen LogP contribution in [0, 0.1) is 0 Å². The molecule has 1 heterocycles. The fraction of sp³-hybridized carbons (Fsp3) is 0.167. The third-order valence-corrected chi connectivity index (χ3v) is 7.09. The molecule has 1 unspecified atom stereocenters. The number of ketones is 1. The standard InChI is InChI=1S/C30H29N3O3S/c1-33(2)30(35)25-14-12-24(13-15-25)28-7-3-4-8-29(28)37(36)32-26-16-9-22(10-17-26)20-27(34)18-11-23-6-5-19-31-21-23/h3-10,12-17,19,21,32H,11,18,20H2,1-2H3. The minimum absolute atomic E-state index is 0.0660. The Hall–Kier alpha value is -4.10. The zero-order valence-corrected chi connectivity index (χ0v) is 21.7. The van der Waals surface area contributed by atoms with Crippen molar-refractivity contribution >= 4 is 28.4 Å². The van der Waals surface area contributed by atoms with Gasteiger partial charge in [-0.15, -0.1) is 0 Å². The van der Waals surface area contributed by atoms with Gasteiger partial charge in [0.05, 0.1) is 4.90 Å². The van der Waals surface area contributed by atoms with Gasteiger partial charge in [0.25, 0.3) is 5.91 Å². The van der Waals surface area contributed by atoms with Crippen molar-refractivity contribution in [2.75, 3.05) is 18.8 Å². The van der Waals surface area contributed by atoms with E-state index in [-0.39, 0.29) is 11.7 Å². The van der Waals surface area contributed by atoms with Crippen LogP contribution in [0.3, 0.4) is 0 Å². The van der Waals surface area contributed by atoms with Crippen LogP contribution >= 0.6 is 0 Å². The number of pyridine rings is 1. The van der Waals surface area contributed by atoms with Crippen molar-refractivity contribution in [3.8, 4) is 11.1 Å². The van der Waals surface area contributed by atoms with Crippen molar-refractivity contribution in [1.82, 2.24) is 9.88 Å². The molecule has 37 heavy (non-hydrogen) atoms. The van der Waals surface area contributed by atoms with E-state index in [1.54, 1.807) is 38.6 Å². The molecule has 4 aromatic rings. The van der Waals surface area contributed by atoms with Crippen LogP contribution in [0.2, 0.25) is 0 Å². The fourth-order valence-corrected chi connectivity index (χ4v) is 4.96. The van der Waals surface area contributed by atoms with Gasteiger partial charge in [-0.3, -0.25) is 14.6 Å². The average Bonchev–Trinajstić information content (AvgIpc) is 2.93. The van der Waals surface area contributed by atoms with E-state index in [1.807, 2.05) is 72.8 Å².